The highest BCUT2D eigenvalue weighted by molar-refractivity contribution is 5.94. The van der Waals surface area contributed by atoms with E-state index in [1.54, 1.807) is 55.0 Å². The zero-order chi connectivity index (χ0) is 17.7. The van der Waals surface area contributed by atoms with E-state index in [-0.39, 0.29) is 11.8 Å². The molecule has 24 heavy (non-hydrogen) atoms. The average molecular weight is 334 g/mol. The zero-order valence-corrected chi connectivity index (χ0v) is 14.9. The number of nitrogens with zero attached hydrogens (tertiary/aromatic N) is 2. The molecule has 2 rings (SSSR count). The molecule has 0 N–H and O–H groups in total. The topological polar surface area (TPSA) is 59.1 Å². The Morgan fingerprint density at radius 3 is 2.12 bits per heavy atom. The van der Waals surface area contributed by atoms with Gasteiger partial charge in [-0.05, 0) is 44.5 Å². The third-order valence-electron chi connectivity index (χ3n) is 4.43. The maximum Gasteiger partial charge on any atom is 0.254 e. The minimum absolute atomic E-state index is 0.0158. The maximum absolute atomic E-state index is 12.6. The van der Waals surface area contributed by atoms with Crippen molar-refractivity contribution in [3.05, 3.63) is 29.8 Å². The van der Waals surface area contributed by atoms with Crippen molar-refractivity contribution in [2.75, 3.05) is 40.4 Å². The SMILES string of the molecule is COc1ccc(C(=O)N2CCCN(C(=O)C(C)(C)OC)CC2)cc1. The summed E-state index contributed by atoms with van der Waals surface area (Å²) in [5, 5.41) is 0. The van der Waals surface area contributed by atoms with Crippen molar-refractivity contribution in [1.82, 2.24) is 9.80 Å². The van der Waals surface area contributed by atoms with E-state index in [4.69, 9.17) is 9.47 Å². The molecule has 2 amide bonds. The molecule has 1 aliphatic heterocycles. The Morgan fingerprint density at radius 2 is 1.54 bits per heavy atom. The molecule has 1 aliphatic rings. The summed E-state index contributed by atoms with van der Waals surface area (Å²) in [6.45, 7) is 5.85. The number of rotatable bonds is 4. The third kappa shape index (κ3) is 4.06. The molecule has 1 heterocycles. The minimum Gasteiger partial charge on any atom is -0.497 e. The molecule has 0 radical (unpaired) electrons. The highest BCUT2D eigenvalue weighted by Crippen LogP contribution is 2.17. The summed E-state index contributed by atoms with van der Waals surface area (Å²) >= 11 is 0. The fourth-order valence-corrected chi connectivity index (χ4v) is 2.71. The number of amides is 2. The lowest BCUT2D eigenvalue weighted by atomic mass is 10.1. The molecule has 0 aromatic heterocycles. The Hall–Kier alpha value is -2.08. The van der Waals surface area contributed by atoms with E-state index in [0.29, 0.717) is 31.7 Å². The van der Waals surface area contributed by atoms with Gasteiger partial charge in [-0.2, -0.15) is 0 Å². The van der Waals surface area contributed by atoms with Crippen LogP contribution in [0.4, 0.5) is 0 Å². The minimum atomic E-state index is -0.838. The molecule has 1 fully saturated rings. The van der Waals surface area contributed by atoms with Crippen LogP contribution in [0.2, 0.25) is 0 Å². The van der Waals surface area contributed by atoms with E-state index in [2.05, 4.69) is 0 Å². The van der Waals surface area contributed by atoms with Crippen LogP contribution in [-0.4, -0.2) is 67.6 Å². The Balaban J connectivity index is 2.02. The first-order chi connectivity index (χ1) is 11.4. The molecule has 0 atom stereocenters. The molecule has 0 bridgehead atoms. The standard InChI is InChI=1S/C18H26N2O4/c1-18(2,24-4)17(22)20-11-5-10-19(12-13-20)16(21)14-6-8-15(23-3)9-7-14/h6-9H,5,10-13H2,1-4H3. The van der Waals surface area contributed by atoms with Crippen molar-refractivity contribution in [3.8, 4) is 5.75 Å². The predicted molar refractivity (Wildman–Crippen MR) is 91.2 cm³/mol. The normalized spacial score (nSPS) is 15.8. The number of hydrogen-bond acceptors (Lipinski definition) is 4. The Kier molecular flexibility index (Phi) is 5.83. The Bertz CT molecular complexity index is 583. The van der Waals surface area contributed by atoms with Crippen molar-refractivity contribution >= 4 is 11.8 Å². The molecular formula is C18H26N2O4. The molecular weight excluding hydrogens is 308 g/mol. The van der Waals surface area contributed by atoms with E-state index >= 15 is 0 Å². The van der Waals surface area contributed by atoms with Gasteiger partial charge >= 0.3 is 0 Å². The number of carbonyl (C=O) groups excluding carboxylic acids is 2. The van der Waals surface area contributed by atoms with Gasteiger partial charge in [0.1, 0.15) is 11.4 Å². The van der Waals surface area contributed by atoms with Crippen molar-refractivity contribution in [3.63, 3.8) is 0 Å². The number of ether oxygens (including phenoxy) is 2. The maximum atomic E-state index is 12.6. The van der Waals surface area contributed by atoms with Crippen molar-refractivity contribution < 1.29 is 19.1 Å². The number of hydrogen-bond donors (Lipinski definition) is 0. The van der Waals surface area contributed by atoms with Gasteiger partial charge in [-0.3, -0.25) is 9.59 Å². The second kappa shape index (κ2) is 7.66. The summed E-state index contributed by atoms with van der Waals surface area (Å²) in [7, 11) is 3.13. The van der Waals surface area contributed by atoms with Gasteiger partial charge < -0.3 is 19.3 Å². The van der Waals surface area contributed by atoms with Crippen LogP contribution in [0.15, 0.2) is 24.3 Å². The van der Waals surface area contributed by atoms with Gasteiger partial charge in [-0.25, -0.2) is 0 Å². The van der Waals surface area contributed by atoms with Crippen LogP contribution in [-0.2, 0) is 9.53 Å². The van der Waals surface area contributed by atoms with Crippen LogP contribution < -0.4 is 4.74 Å². The molecule has 6 nitrogen and oxygen atoms in total. The first kappa shape index (κ1) is 18.3. The lowest BCUT2D eigenvalue weighted by Crippen LogP contribution is -2.47. The van der Waals surface area contributed by atoms with Gasteiger partial charge in [-0.1, -0.05) is 0 Å². The molecule has 0 unspecified atom stereocenters. The van der Waals surface area contributed by atoms with Gasteiger partial charge in [-0.15, -0.1) is 0 Å². The monoisotopic (exact) mass is 334 g/mol. The fraction of sp³-hybridized carbons (Fsp3) is 0.556. The molecule has 1 aromatic carbocycles. The molecule has 0 spiro atoms. The van der Waals surface area contributed by atoms with Crippen LogP contribution >= 0.6 is 0 Å². The average Bonchev–Trinajstić information content (AvgIpc) is 2.86. The number of benzene rings is 1. The molecule has 1 aromatic rings. The smallest absolute Gasteiger partial charge is 0.254 e. The molecule has 6 heteroatoms. The van der Waals surface area contributed by atoms with Crippen molar-refractivity contribution in [2.24, 2.45) is 0 Å². The number of methoxy groups -OCH3 is 2. The first-order valence-electron chi connectivity index (χ1n) is 8.17. The first-order valence-corrected chi connectivity index (χ1v) is 8.17. The highest BCUT2D eigenvalue weighted by Gasteiger charge is 2.33. The second-order valence-electron chi connectivity index (χ2n) is 6.38. The number of carbonyl (C=O) groups is 2. The lowest BCUT2D eigenvalue weighted by molar-refractivity contribution is -0.150. The van der Waals surface area contributed by atoms with E-state index in [1.807, 2.05) is 0 Å². The zero-order valence-electron chi connectivity index (χ0n) is 14.9. The van der Waals surface area contributed by atoms with E-state index in [0.717, 1.165) is 12.2 Å². The van der Waals surface area contributed by atoms with E-state index in [9.17, 15) is 9.59 Å². The van der Waals surface area contributed by atoms with Gasteiger partial charge in [0, 0.05) is 38.9 Å². The van der Waals surface area contributed by atoms with Crippen LogP contribution in [0.1, 0.15) is 30.6 Å². The summed E-state index contributed by atoms with van der Waals surface area (Å²) in [5.74, 6) is 0.669. The Labute approximate surface area is 143 Å². The molecule has 0 saturated carbocycles. The van der Waals surface area contributed by atoms with Crippen molar-refractivity contribution in [2.45, 2.75) is 25.9 Å². The largest absolute Gasteiger partial charge is 0.497 e. The molecule has 132 valence electrons. The predicted octanol–water partition coefficient (Wildman–Crippen LogP) is 1.79. The van der Waals surface area contributed by atoms with Gasteiger partial charge in [0.2, 0.25) is 0 Å². The van der Waals surface area contributed by atoms with E-state index in [1.165, 1.54) is 7.11 Å². The van der Waals surface area contributed by atoms with E-state index < -0.39 is 5.60 Å². The summed E-state index contributed by atoms with van der Waals surface area (Å²) < 4.78 is 10.4. The molecule has 0 aliphatic carbocycles. The summed E-state index contributed by atoms with van der Waals surface area (Å²) in [4.78, 5) is 28.7. The van der Waals surface area contributed by atoms with Crippen LogP contribution in [0.5, 0.6) is 5.75 Å². The summed E-state index contributed by atoms with van der Waals surface area (Å²) in [5.41, 5.74) is -0.206. The molecule has 1 saturated heterocycles. The van der Waals surface area contributed by atoms with Gasteiger partial charge in [0.25, 0.3) is 11.8 Å². The van der Waals surface area contributed by atoms with Crippen LogP contribution in [0.25, 0.3) is 0 Å². The lowest BCUT2D eigenvalue weighted by Gasteiger charge is -2.30. The van der Waals surface area contributed by atoms with Crippen molar-refractivity contribution in [1.29, 1.82) is 0 Å². The highest BCUT2D eigenvalue weighted by atomic mass is 16.5. The quantitative estimate of drug-likeness (QED) is 0.842. The van der Waals surface area contributed by atoms with Crippen LogP contribution in [0.3, 0.4) is 0 Å². The third-order valence-corrected chi connectivity index (χ3v) is 4.43. The van der Waals surface area contributed by atoms with Crippen LogP contribution in [0, 0.1) is 0 Å². The summed E-state index contributed by atoms with van der Waals surface area (Å²) in [6, 6.07) is 7.09. The summed E-state index contributed by atoms with van der Waals surface area (Å²) in [6.07, 6.45) is 0.757. The van der Waals surface area contributed by atoms with Gasteiger partial charge in [0.05, 0.1) is 7.11 Å². The van der Waals surface area contributed by atoms with Gasteiger partial charge in [0.15, 0.2) is 0 Å². The Morgan fingerprint density at radius 1 is 0.958 bits per heavy atom. The fourth-order valence-electron chi connectivity index (χ4n) is 2.71. The second-order valence-corrected chi connectivity index (χ2v) is 6.38.